The first-order valence-corrected chi connectivity index (χ1v) is 7.10. The fourth-order valence-corrected chi connectivity index (χ4v) is 2.96. The van der Waals surface area contributed by atoms with Crippen LogP contribution in [0.15, 0.2) is 24.3 Å². The van der Waals surface area contributed by atoms with Gasteiger partial charge in [-0.3, -0.25) is 4.79 Å². The average Bonchev–Trinajstić information content (AvgIpc) is 2.53. The van der Waals surface area contributed by atoms with Crippen molar-refractivity contribution in [1.82, 2.24) is 10.2 Å². The van der Waals surface area contributed by atoms with Gasteiger partial charge in [0.2, 0.25) is 5.91 Å². The van der Waals surface area contributed by atoms with Gasteiger partial charge in [-0.25, -0.2) is 4.79 Å². The fourth-order valence-electron chi connectivity index (χ4n) is 2.96. The molecule has 2 N–H and O–H groups in total. The van der Waals surface area contributed by atoms with Crippen LogP contribution in [-0.4, -0.2) is 54.2 Å². The van der Waals surface area contributed by atoms with Gasteiger partial charge in [0, 0.05) is 13.1 Å². The fraction of sp³-hybridized carbons (Fsp3) is 0.467. The normalized spacial score (nSPS) is 25.2. The lowest BCUT2D eigenvalue weighted by molar-refractivity contribution is -0.159. The summed E-state index contributed by atoms with van der Waals surface area (Å²) in [6, 6.07) is 6.45. The Hall–Kier alpha value is -1.92. The second-order valence-electron chi connectivity index (χ2n) is 5.30. The van der Waals surface area contributed by atoms with Crippen molar-refractivity contribution in [3.8, 4) is 0 Å². The lowest BCUT2D eigenvalue weighted by Crippen LogP contribution is -2.56. The van der Waals surface area contributed by atoms with Crippen LogP contribution < -0.4 is 5.32 Å². The van der Waals surface area contributed by atoms with Crippen molar-refractivity contribution < 1.29 is 19.4 Å². The van der Waals surface area contributed by atoms with Crippen LogP contribution in [0.4, 0.5) is 0 Å². The molecule has 0 radical (unpaired) electrons. The quantitative estimate of drug-likeness (QED) is 0.812. The SMILES string of the molecule is O=C(O)C1COCCN1C(=O)C1NCCc2ccccc21. The molecule has 2 unspecified atom stereocenters. The smallest absolute Gasteiger partial charge is 0.328 e. The van der Waals surface area contributed by atoms with Crippen molar-refractivity contribution in [2.45, 2.75) is 18.5 Å². The number of hydrogen-bond acceptors (Lipinski definition) is 4. The maximum absolute atomic E-state index is 12.8. The van der Waals surface area contributed by atoms with Crippen molar-refractivity contribution in [3.05, 3.63) is 35.4 Å². The molecule has 0 bridgehead atoms. The van der Waals surface area contributed by atoms with E-state index in [0.29, 0.717) is 13.2 Å². The Morgan fingerprint density at radius 1 is 1.33 bits per heavy atom. The lowest BCUT2D eigenvalue weighted by Gasteiger charge is -2.37. The number of benzene rings is 1. The highest BCUT2D eigenvalue weighted by Crippen LogP contribution is 2.25. The van der Waals surface area contributed by atoms with Crippen LogP contribution in [0, 0.1) is 0 Å². The number of carboxylic acid groups (broad SMARTS) is 1. The Labute approximate surface area is 122 Å². The van der Waals surface area contributed by atoms with Crippen LogP contribution in [0.25, 0.3) is 0 Å². The van der Waals surface area contributed by atoms with Crippen LogP contribution in [-0.2, 0) is 20.7 Å². The van der Waals surface area contributed by atoms with Gasteiger partial charge in [-0.1, -0.05) is 24.3 Å². The molecule has 1 aromatic rings. The molecule has 0 aromatic heterocycles. The molecule has 1 fully saturated rings. The second-order valence-corrected chi connectivity index (χ2v) is 5.30. The molecule has 1 saturated heterocycles. The Bertz CT molecular complexity index is 560. The number of carbonyl (C=O) groups excluding carboxylic acids is 1. The van der Waals surface area contributed by atoms with Gasteiger partial charge < -0.3 is 20.1 Å². The van der Waals surface area contributed by atoms with E-state index in [4.69, 9.17) is 4.74 Å². The van der Waals surface area contributed by atoms with Crippen LogP contribution in [0.3, 0.4) is 0 Å². The third kappa shape index (κ3) is 2.64. The van der Waals surface area contributed by atoms with Crippen LogP contribution in [0.5, 0.6) is 0 Å². The van der Waals surface area contributed by atoms with E-state index in [1.807, 2.05) is 24.3 Å². The van der Waals surface area contributed by atoms with Crippen molar-refractivity contribution in [1.29, 1.82) is 0 Å². The van der Waals surface area contributed by atoms with Gasteiger partial charge in [0.25, 0.3) is 0 Å². The van der Waals surface area contributed by atoms with Gasteiger partial charge in [0.1, 0.15) is 6.04 Å². The van der Waals surface area contributed by atoms with Crippen LogP contribution >= 0.6 is 0 Å². The molecule has 0 aliphatic carbocycles. The average molecular weight is 290 g/mol. The molecule has 2 atom stereocenters. The Balaban J connectivity index is 1.86. The minimum atomic E-state index is -1.02. The van der Waals surface area contributed by atoms with Crippen molar-refractivity contribution in [2.75, 3.05) is 26.3 Å². The van der Waals surface area contributed by atoms with E-state index >= 15 is 0 Å². The number of hydrogen-bond donors (Lipinski definition) is 2. The maximum atomic E-state index is 12.8. The van der Waals surface area contributed by atoms with Crippen LogP contribution in [0.2, 0.25) is 0 Å². The minimum Gasteiger partial charge on any atom is -0.480 e. The zero-order valence-corrected chi connectivity index (χ0v) is 11.6. The molecule has 1 aromatic carbocycles. The highest BCUT2D eigenvalue weighted by molar-refractivity contribution is 5.88. The minimum absolute atomic E-state index is 0.0510. The number of carbonyl (C=O) groups is 2. The number of ether oxygens (including phenoxy) is 1. The zero-order valence-electron chi connectivity index (χ0n) is 11.6. The van der Waals surface area contributed by atoms with Crippen molar-refractivity contribution in [3.63, 3.8) is 0 Å². The second kappa shape index (κ2) is 5.83. The van der Waals surface area contributed by atoms with Crippen molar-refractivity contribution in [2.24, 2.45) is 0 Å². The number of carboxylic acids is 1. The molecule has 6 nitrogen and oxygen atoms in total. The summed E-state index contributed by atoms with van der Waals surface area (Å²) >= 11 is 0. The summed E-state index contributed by atoms with van der Waals surface area (Å²) in [7, 11) is 0. The predicted octanol–water partition coefficient (Wildman–Crippen LogP) is 0.185. The summed E-state index contributed by atoms with van der Waals surface area (Å²) < 4.78 is 5.19. The molecule has 6 heteroatoms. The van der Waals surface area contributed by atoms with E-state index in [-0.39, 0.29) is 12.5 Å². The molecule has 112 valence electrons. The van der Waals surface area contributed by atoms with E-state index in [0.717, 1.165) is 24.1 Å². The number of amides is 1. The van der Waals surface area contributed by atoms with E-state index in [9.17, 15) is 14.7 Å². The molecule has 2 heterocycles. The van der Waals surface area contributed by atoms with Crippen LogP contribution in [0.1, 0.15) is 17.2 Å². The number of nitrogens with one attached hydrogen (secondary N) is 1. The molecule has 21 heavy (non-hydrogen) atoms. The molecule has 2 aliphatic heterocycles. The molecule has 3 rings (SSSR count). The standard InChI is InChI=1S/C15H18N2O4/c18-14(17-7-8-21-9-12(17)15(19)20)13-11-4-2-1-3-10(11)5-6-16-13/h1-4,12-13,16H,5-9H2,(H,19,20). The summed E-state index contributed by atoms with van der Waals surface area (Å²) in [5.41, 5.74) is 2.10. The van der Waals surface area contributed by atoms with Gasteiger partial charge in [-0.2, -0.15) is 0 Å². The van der Waals surface area contributed by atoms with E-state index < -0.39 is 18.1 Å². The monoisotopic (exact) mass is 290 g/mol. The summed E-state index contributed by atoms with van der Waals surface area (Å²) in [5.74, 6) is -1.20. The van der Waals surface area contributed by atoms with Gasteiger partial charge in [-0.05, 0) is 17.5 Å². The van der Waals surface area contributed by atoms with Gasteiger partial charge >= 0.3 is 5.97 Å². The third-order valence-corrected chi connectivity index (χ3v) is 4.05. The first-order valence-electron chi connectivity index (χ1n) is 7.10. The van der Waals surface area contributed by atoms with Gasteiger partial charge in [-0.15, -0.1) is 0 Å². The highest BCUT2D eigenvalue weighted by atomic mass is 16.5. The number of rotatable bonds is 2. The zero-order chi connectivity index (χ0) is 14.8. The number of aliphatic carboxylic acids is 1. The van der Waals surface area contributed by atoms with E-state index in [1.54, 1.807) is 0 Å². The first kappa shape index (κ1) is 14.0. The molecule has 0 spiro atoms. The Kier molecular flexibility index (Phi) is 3.90. The van der Waals surface area contributed by atoms with E-state index in [1.165, 1.54) is 4.90 Å². The van der Waals surface area contributed by atoms with Gasteiger partial charge in [0.15, 0.2) is 6.04 Å². The molecular formula is C15H18N2O4. The highest BCUT2D eigenvalue weighted by Gasteiger charge is 2.37. The maximum Gasteiger partial charge on any atom is 0.328 e. The molecule has 2 aliphatic rings. The Morgan fingerprint density at radius 3 is 2.95 bits per heavy atom. The number of fused-ring (bicyclic) bond motifs is 1. The molecule has 1 amide bonds. The lowest BCUT2D eigenvalue weighted by atomic mass is 9.93. The first-order chi connectivity index (χ1) is 10.2. The largest absolute Gasteiger partial charge is 0.480 e. The number of morpholine rings is 1. The summed E-state index contributed by atoms with van der Waals surface area (Å²) in [6.45, 7) is 1.46. The summed E-state index contributed by atoms with van der Waals surface area (Å²) in [6.07, 6.45) is 0.880. The molecule has 0 saturated carbocycles. The van der Waals surface area contributed by atoms with Gasteiger partial charge in [0.05, 0.1) is 13.2 Å². The van der Waals surface area contributed by atoms with E-state index in [2.05, 4.69) is 5.32 Å². The third-order valence-electron chi connectivity index (χ3n) is 4.05. The Morgan fingerprint density at radius 2 is 2.14 bits per heavy atom. The summed E-state index contributed by atoms with van der Waals surface area (Å²) in [4.78, 5) is 25.5. The predicted molar refractivity (Wildman–Crippen MR) is 74.8 cm³/mol. The summed E-state index contributed by atoms with van der Waals surface area (Å²) in [5, 5.41) is 12.5. The topological polar surface area (TPSA) is 78.9 Å². The number of nitrogens with zero attached hydrogens (tertiary/aromatic N) is 1. The molecular weight excluding hydrogens is 272 g/mol. The van der Waals surface area contributed by atoms with Crippen molar-refractivity contribution >= 4 is 11.9 Å².